The SMILES string of the molecule is Cc1ncnc2c1CCC(=O)N2CCN1CCCCC1C. The van der Waals surface area contributed by atoms with Gasteiger partial charge in [-0.3, -0.25) is 14.6 Å². The summed E-state index contributed by atoms with van der Waals surface area (Å²) in [6.45, 7) is 7.12. The van der Waals surface area contributed by atoms with Crippen LogP contribution in [0.2, 0.25) is 0 Å². The molecule has 1 aromatic heterocycles. The lowest BCUT2D eigenvalue weighted by molar-refractivity contribution is -0.119. The smallest absolute Gasteiger partial charge is 0.228 e. The maximum atomic E-state index is 12.3. The van der Waals surface area contributed by atoms with E-state index in [9.17, 15) is 4.79 Å². The van der Waals surface area contributed by atoms with Gasteiger partial charge in [0.15, 0.2) is 0 Å². The lowest BCUT2D eigenvalue weighted by atomic mass is 10.0. The molecule has 0 aromatic carbocycles. The summed E-state index contributed by atoms with van der Waals surface area (Å²) >= 11 is 0. The average Bonchev–Trinajstić information content (AvgIpc) is 2.48. The Balaban J connectivity index is 1.73. The molecule has 1 saturated heterocycles. The Hall–Kier alpha value is -1.49. The predicted octanol–water partition coefficient (Wildman–Crippen LogP) is 1.94. The zero-order valence-electron chi connectivity index (χ0n) is 13.0. The van der Waals surface area contributed by atoms with Crippen LogP contribution in [0.3, 0.4) is 0 Å². The number of hydrogen-bond donors (Lipinski definition) is 0. The molecular formula is C16H24N4O. The van der Waals surface area contributed by atoms with Gasteiger partial charge in [0.05, 0.1) is 0 Å². The number of carbonyl (C=O) groups is 1. The van der Waals surface area contributed by atoms with Gasteiger partial charge in [0.1, 0.15) is 12.1 Å². The van der Waals surface area contributed by atoms with Gasteiger partial charge in [0.2, 0.25) is 5.91 Å². The molecule has 1 unspecified atom stereocenters. The number of aromatic nitrogens is 2. The van der Waals surface area contributed by atoms with Crippen LogP contribution in [-0.2, 0) is 11.2 Å². The summed E-state index contributed by atoms with van der Waals surface area (Å²) in [6, 6.07) is 0.630. The van der Waals surface area contributed by atoms with Crippen molar-refractivity contribution in [1.82, 2.24) is 14.9 Å². The van der Waals surface area contributed by atoms with Gasteiger partial charge in [-0.2, -0.15) is 0 Å². The summed E-state index contributed by atoms with van der Waals surface area (Å²) in [7, 11) is 0. The van der Waals surface area contributed by atoms with Crippen LogP contribution in [-0.4, -0.2) is 46.5 Å². The molecule has 21 heavy (non-hydrogen) atoms. The molecule has 0 N–H and O–H groups in total. The van der Waals surface area contributed by atoms with Gasteiger partial charge in [-0.15, -0.1) is 0 Å². The van der Waals surface area contributed by atoms with Crippen LogP contribution in [0.4, 0.5) is 5.82 Å². The van der Waals surface area contributed by atoms with E-state index in [0.717, 1.165) is 43.1 Å². The molecule has 5 heteroatoms. The Labute approximate surface area is 126 Å². The molecule has 2 aliphatic heterocycles. The highest BCUT2D eigenvalue weighted by Crippen LogP contribution is 2.27. The third kappa shape index (κ3) is 2.93. The Bertz CT molecular complexity index is 531. The first kappa shape index (κ1) is 14.4. The Kier molecular flexibility index (Phi) is 4.19. The van der Waals surface area contributed by atoms with Gasteiger partial charge < -0.3 is 0 Å². The Morgan fingerprint density at radius 3 is 2.90 bits per heavy atom. The minimum absolute atomic E-state index is 0.199. The molecule has 5 nitrogen and oxygen atoms in total. The number of fused-ring (bicyclic) bond motifs is 1. The van der Waals surface area contributed by atoms with Gasteiger partial charge in [0, 0.05) is 36.8 Å². The Morgan fingerprint density at radius 1 is 1.24 bits per heavy atom. The fourth-order valence-electron chi connectivity index (χ4n) is 3.45. The number of likely N-dealkylation sites (tertiary alicyclic amines) is 1. The summed E-state index contributed by atoms with van der Waals surface area (Å²) in [5.41, 5.74) is 2.15. The third-order valence-corrected chi connectivity index (χ3v) is 4.84. The fourth-order valence-corrected chi connectivity index (χ4v) is 3.45. The van der Waals surface area contributed by atoms with Crippen molar-refractivity contribution in [2.75, 3.05) is 24.5 Å². The maximum absolute atomic E-state index is 12.3. The molecule has 0 saturated carbocycles. The summed E-state index contributed by atoms with van der Waals surface area (Å²) < 4.78 is 0. The molecule has 1 aromatic rings. The number of piperidine rings is 1. The van der Waals surface area contributed by atoms with E-state index >= 15 is 0 Å². The second kappa shape index (κ2) is 6.10. The molecule has 3 heterocycles. The number of carbonyl (C=O) groups excluding carboxylic acids is 1. The largest absolute Gasteiger partial charge is 0.299 e. The van der Waals surface area contributed by atoms with E-state index in [2.05, 4.69) is 21.8 Å². The van der Waals surface area contributed by atoms with Gasteiger partial charge in [-0.05, 0) is 39.7 Å². The minimum Gasteiger partial charge on any atom is -0.299 e. The fraction of sp³-hybridized carbons (Fsp3) is 0.688. The molecule has 0 radical (unpaired) electrons. The lowest BCUT2D eigenvalue weighted by Gasteiger charge is -2.36. The maximum Gasteiger partial charge on any atom is 0.228 e. The van der Waals surface area contributed by atoms with E-state index in [1.165, 1.54) is 19.3 Å². The first-order chi connectivity index (χ1) is 10.2. The summed E-state index contributed by atoms with van der Waals surface area (Å²) in [5, 5.41) is 0. The number of anilines is 1. The highest BCUT2D eigenvalue weighted by Gasteiger charge is 2.28. The van der Waals surface area contributed by atoms with E-state index < -0.39 is 0 Å². The van der Waals surface area contributed by atoms with Crippen molar-refractivity contribution in [3.05, 3.63) is 17.6 Å². The molecule has 1 amide bonds. The van der Waals surface area contributed by atoms with Crippen LogP contribution in [0.5, 0.6) is 0 Å². The molecule has 0 aliphatic carbocycles. The average molecular weight is 288 g/mol. The van der Waals surface area contributed by atoms with Crippen LogP contribution < -0.4 is 4.90 Å². The van der Waals surface area contributed by atoms with E-state index in [1.54, 1.807) is 6.33 Å². The second-order valence-electron chi connectivity index (χ2n) is 6.19. The first-order valence-corrected chi connectivity index (χ1v) is 8.01. The van der Waals surface area contributed by atoms with Gasteiger partial charge in [-0.25, -0.2) is 9.97 Å². The van der Waals surface area contributed by atoms with Crippen molar-refractivity contribution in [2.24, 2.45) is 0 Å². The third-order valence-electron chi connectivity index (χ3n) is 4.84. The first-order valence-electron chi connectivity index (χ1n) is 8.01. The van der Waals surface area contributed by atoms with Crippen molar-refractivity contribution >= 4 is 11.7 Å². The highest BCUT2D eigenvalue weighted by molar-refractivity contribution is 5.95. The minimum atomic E-state index is 0.199. The number of hydrogen-bond acceptors (Lipinski definition) is 4. The van der Waals surface area contributed by atoms with E-state index in [-0.39, 0.29) is 5.91 Å². The van der Waals surface area contributed by atoms with Gasteiger partial charge in [-0.1, -0.05) is 6.42 Å². The van der Waals surface area contributed by atoms with Crippen LogP contribution in [0, 0.1) is 6.92 Å². The molecular weight excluding hydrogens is 264 g/mol. The number of rotatable bonds is 3. The van der Waals surface area contributed by atoms with Crippen molar-refractivity contribution < 1.29 is 4.79 Å². The molecule has 3 rings (SSSR count). The molecule has 2 aliphatic rings. The van der Waals surface area contributed by atoms with Crippen molar-refractivity contribution in [3.63, 3.8) is 0 Å². The lowest BCUT2D eigenvalue weighted by Crippen LogP contribution is -2.45. The summed E-state index contributed by atoms with van der Waals surface area (Å²) in [5.74, 6) is 1.04. The topological polar surface area (TPSA) is 49.3 Å². The van der Waals surface area contributed by atoms with E-state index in [1.807, 2.05) is 11.8 Å². The van der Waals surface area contributed by atoms with Crippen LogP contribution in [0.25, 0.3) is 0 Å². The van der Waals surface area contributed by atoms with Crippen LogP contribution >= 0.6 is 0 Å². The molecule has 0 bridgehead atoms. The molecule has 1 fully saturated rings. The molecule has 114 valence electrons. The quantitative estimate of drug-likeness (QED) is 0.853. The van der Waals surface area contributed by atoms with Crippen LogP contribution in [0.1, 0.15) is 43.9 Å². The standard InChI is InChI=1S/C16H24N4O/c1-12-5-3-4-8-19(12)9-10-20-15(21)7-6-14-13(2)17-11-18-16(14)20/h11-12H,3-10H2,1-2H3. The number of aryl methyl sites for hydroxylation is 1. The number of amides is 1. The predicted molar refractivity (Wildman–Crippen MR) is 82.3 cm³/mol. The van der Waals surface area contributed by atoms with Gasteiger partial charge >= 0.3 is 0 Å². The van der Waals surface area contributed by atoms with E-state index in [4.69, 9.17) is 0 Å². The Morgan fingerprint density at radius 2 is 2.10 bits per heavy atom. The van der Waals surface area contributed by atoms with Crippen LogP contribution in [0.15, 0.2) is 6.33 Å². The number of nitrogens with zero attached hydrogens (tertiary/aromatic N) is 4. The summed E-state index contributed by atoms with van der Waals surface area (Å²) in [6.07, 6.45) is 6.80. The van der Waals surface area contributed by atoms with Crippen molar-refractivity contribution in [1.29, 1.82) is 0 Å². The highest BCUT2D eigenvalue weighted by atomic mass is 16.2. The summed E-state index contributed by atoms with van der Waals surface area (Å²) in [4.78, 5) is 25.3. The normalized spacial score (nSPS) is 23.2. The second-order valence-corrected chi connectivity index (χ2v) is 6.19. The zero-order chi connectivity index (χ0) is 14.8. The van der Waals surface area contributed by atoms with Crippen molar-refractivity contribution in [3.8, 4) is 0 Å². The molecule has 0 spiro atoms. The van der Waals surface area contributed by atoms with E-state index in [0.29, 0.717) is 12.5 Å². The zero-order valence-corrected chi connectivity index (χ0v) is 13.0. The van der Waals surface area contributed by atoms with Gasteiger partial charge in [0.25, 0.3) is 0 Å². The monoisotopic (exact) mass is 288 g/mol. The molecule has 1 atom stereocenters. The van der Waals surface area contributed by atoms with Crippen molar-refractivity contribution in [2.45, 2.75) is 52.0 Å².